The Bertz CT molecular complexity index is 1290. The molecule has 0 aromatic carbocycles. The van der Waals surface area contributed by atoms with Gasteiger partial charge in [0, 0.05) is 12.4 Å². The molecule has 3 heterocycles. The van der Waals surface area contributed by atoms with Crippen LogP contribution in [0.3, 0.4) is 0 Å². The minimum absolute atomic E-state index is 0.159. The molecule has 0 aliphatic rings. The third kappa shape index (κ3) is 4.47. The van der Waals surface area contributed by atoms with Gasteiger partial charge in [0.15, 0.2) is 23.1 Å². The van der Waals surface area contributed by atoms with Crippen molar-refractivity contribution >= 4 is 47.7 Å². The van der Waals surface area contributed by atoms with Crippen LogP contribution >= 0.6 is 11.8 Å². The van der Waals surface area contributed by atoms with E-state index in [0.29, 0.717) is 22.8 Å². The Morgan fingerprint density at radius 1 is 1.31 bits per heavy atom. The van der Waals surface area contributed by atoms with Gasteiger partial charge in [-0.3, -0.25) is 14.2 Å². The molecule has 3 N–H and O–H groups in total. The number of thioether (sulfide) groups is 1. The summed E-state index contributed by atoms with van der Waals surface area (Å²) in [4.78, 5) is 37.6. The van der Waals surface area contributed by atoms with Crippen molar-refractivity contribution in [3.05, 3.63) is 57.8 Å². The van der Waals surface area contributed by atoms with Crippen LogP contribution in [-0.4, -0.2) is 43.0 Å². The number of carbonyl (C=O) groups is 1. The molecule has 0 amide bonds. The number of aromatic nitrogens is 5. The van der Waals surface area contributed by atoms with Crippen molar-refractivity contribution in [2.75, 3.05) is 11.6 Å². The summed E-state index contributed by atoms with van der Waals surface area (Å²) in [6.45, 7) is 5.57. The number of nitrogens with zero attached hydrogens (tertiary/aromatic N) is 6. The van der Waals surface area contributed by atoms with Crippen LogP contribution in [0.15, 0.2) is 45.4 Å². The van der Waals surface area contributed by atoms with Gasteiger partial charge >= 0.3 is 0 Å². The predicted molar refractivity (Wildman–Crippen MR) is 128 cm³/mol. The van der Waals surface area contributed by atoms with E-state index in [9.17, 15) is 9.59 Å². The smallest absolute Gasteiger partial charge is 0.282 e. The Morgan fingerprint density at radius 2 is 2.09 bits per heavy atom. The second kappa shape index (κ2) is 10.1. The van der Waals surface area contributed by atoms with Gasteiger partial charge in [0.05, 0.1) is 12.4 Å². The molecule has 3 aromatic heterocycles. The second-order valence-electron chi connectivity index (χ2n) is 6.75. The number of aryl methyl sites for hydroxylation is 1. The lowest BCUT2D eigenvalue weighted by molar-refractivity contribution is 0.112. The number of aldehydes is 1. The van der Waals surface area contributed by atoms with E-state index in [2.05, 4.69) is 25.4 Å². The van der Waals surface area contributed by atoms with Crippen molar-refractivity contribution in [2.45, 2.75) is 32.0 Å². The zero-order valence-corrected chi connectivity index (χ0v) is 19.0. The highest BCUT2D eigenvalue weighted by Gasteiger charge is 2.20. The Labute approximate surface area is 189 Å². The third-order valence-electron chi connectivity index (χ3n) is 4.63. The fourth-order valence-corrected chi connectivity index (χ4v) is 3.48. The molecule has 3 aromatic rings. The minimum Gasteiger partial charge on any atom is -0.390 e. The van der Waals surface area contributed by atoms with Crippen molar-refractivity contribution in [2.24, 2.45) is 10.7 Å². The number of nitrogens with one attached hydrogen (secondary N) is 1. The van der Waals surface area contributed by atoms with Crippen LogP contribution in [0.25, 0.3) is 11.7 Å². The Hall–Kier alpha value is -3.73. The van der Waals surface area contributed by atoms with Crippen LogP contribution in [-0.2, 0) is 0 Å². The van der Waals surface area contributed by atoms with Crippen molar-refractivity contribution in [3.8, 4) is 0 Å². The van der Waals surface area contributed by atoms with Gasteiger partial charge in [-0.05, 0) is 44.7 Å². The van der Waals surface area contributed by atoms with E-state index in [1.165, 1.54) is 16.3 Å². The summed E-state index contributed by atoms with van der Waals surface area (Å²) in [7, 11) is 0. The number of aliphatic imine (C=N–C) groups is 1. The van der Waals surface area contributed by atoms with Crippen LogP contribution in [0.1, 0.15) is 41.6 Å². The van der Waals surface area contributed by atoms with Crippen molar-refractivity contribution < 1.29 is 4.79 Å². The number of allylic oxidation sites excluding steroid dienone is 3. The highest BCUT2D eigenvalue weighted by molar-refractivity contribution is 7.98. The molecule has 0 saturated heterocycles. The minimum atomic E-state index is -0.497. The fraction of sp³-hybridized carbons (Fsp3) is 0.238. The molecule has 10 nitrogen and oxygen atoms in total. The van der Waals surface area contributed by atoms with E-state index >= 15 is 0 Å². The molecule has 0 spiro atoms. The second-order valence-corrected chi connectivity index (χ2v) is 7.52. The first-order valence-electron chi connectivity index (χ1n) is 9.77. The molecule has 0 bridgehead atoms. The number of rotatable bonds is 8. The average Bonchev–Trinajstić information content (AvgIpc) is 3.16. The van der Waals surface area contributed by atoms with Gasteiger partial charge < -0.3 is 11.1 Å². The zero-order chi connectivity index (χ0) is 23.3. The first-order valence-corrected chi connectivity index (χ1v) is 11.0. The summed E-state index contributed by atoms with van der Waals surface area (Å²) in [5.41, 5.74) is 6.68. The molecule has 32 heavy (non-hydrogen) atoms. The predicted octanol–water partition coefficient (Wildman–Crippen LogP) is 2.97. The van der Waals surface area contributed by atoms with E-state index in [0.717, 1.165) is 11.9 Å². The molecule has 11 heteroatoms. The topological polar surface area (TPSA) is 133 Å². The van der Waals surface area contributed by atoms with Gasteiger partial charge in [0.25, 0.3) is 5.56 Å². The standard InChI is InChI=1S/C21H24N8O2S/c1-5-6-7-9-28-19(27-29-10-8-13(2)16(29)20(28)31)14(3)24-18-15(11-30)17(23-12-22)25-21(26-18)32-4/h5-12,14H,1-4H3,(H3,22,23,24,25,26)/b6-5-,9-7+. The summed E-state index contributed by atoms with van der Waals surface area (Å²) in [5, 5.41) is 8.24. The molecule has 166 valence electrons. The van der Waals surface area contributed by atoms with Crippen LogP contribution < -0.4 is 16.6 Å². The number of anilines is 1. The number of fused-ring (bicyclic) bond motifs is 1. The van der Waals surface area contributed by atoms with Gasteiger partial charge in [0.2, 0.25) is 0 Å². The number of hydrogen-bond donors (Lipinski definition) is 2. The van der Waals surface area contributed by atoms with E-state index in [4.69, 9.17) is 5.73 Å². The summed E-state index contributed by atoms with van der Waals surface area (Å²) in [6, 6.07) is 1.34. The Morgan fingerprint density at radius 3 is 2.75 bits per heavy atom. The number of nitrogens with two attached hydrogens (primary N) is 1. The van der Waals surface area contributed by atoms with Gasteiger partial charge in [-0.1, -0.05) is 23.9 Å². The van der Waals surface area contributed by atoms with Gasteiger partial charge in [0.1, 0.15) is 16.9 Å². The maximum atomic E-state index is 13.2. The monoisotopic (exact) mass is 452 g/mol. The van der Waals surface area contributed by atoms with Crippen LogP contribution in [0.2, 0.25) is 0 Å². The Balaban J connectivity index is 2.16. The summed E-state index contributed by atoms with van der Waals surface area (Å²) in [5.74, 6) is 0.865. The Kier molecular flexibility index (Phi) is 7.21. The molecule has 0 saturated carbocycles. The van der Waals surface area contributed by atoms with Gasteiger partial charge in [-0.15, -0.1) is 0 Å². The summed E-state index contributed by atoms with van der Waals surface area (Å²) < 4.78 is 3.04. The number of carbonyl (C=O) groups excluding carboxylic acids is 1. The van der Waals surface area contributed by atoms with Gasteiger partial charge in [-0.2, -0.15) is 5.10 Å². The van der Waals surface area contributed by atoms with Gasteiger partial charge in [-0.25, -0.2) is 19.5 Å². The van der Waals surface area contributed by atoms with Crippen molar-refractivity contribution in [1.82, 2.24) is 24.1 Å². The fourth-order valence-electron chi connectivity index (χ4n) is 3.12. The highest BCUT2D eigenvalue weighted by atomic mass is 32.2. The molecule has 0 aliphatic carbocycles. The first-order chi connectivity index (χ1) is 15.4. The lowest BCUT2D eigenvalue weighted by Gasteiger charge is -2.19. The highest BCUT2D eigenvalue weighted by Crippen LogP contribution is 2.27. The van der Waals surface area contributed by atoms with Crippen LogP contribution in [0.5, 0.6) is 0 Å². The SMILES string of the molecule is C/C=C\C=C\n1c(C(C)Nc2nc(SC)nc(N=CN)c2C=O)nn2ccc(C)c2c1=O. The molecule has 1 unspecified atom stereocenters. The molecule has 1 atom stereocenters. The largest absolute Gasteiger partial charge is 0.390 e. The van der Waals surface area contributed by atoms with E-state index in [1.54, 1.807) is 23.0 Å². The molecular weight excluding hydrogens is 428 g/mol. The normalized spacial score (nSPS) is 13.0. The first kappa shape index (κ1) is 22.9. The van der Waals surface area contributed by atoms with Crippen LogP contribution in [0, 0.1) is 6.92 Å². The molecule has 0 aliphatic heterocycles. The third-order valence-corrected chi connectivity index (χ3v) is 5.18. The van der Waals surface area contributed by atoms with Crippen molar-refractivity contribution in [3.63, 3.8) is 0 Å². The lowest BCUT2D eigenvalue weighted by atomic mass is 10.2. The quantitative estimate of drug-likeness (QED) is 0.133. The zero-order valence-electron chi connectivity index (χ0n) is 18.2. The van der Waals surface area contributed by atoms with E-state index in [-0.39, 0.29) is 22.8 Å². The maximum absolute atomic E-state index is 13.2. The summed E-state index contributed by atoms with van der Waals surface area (Å²) >= 11 is 1.30. The maximum Gasteiger partial charge on any atom is 0.282 e. The van der Waals surface area contributed by atoms with E-state index < -0.39 is 6.04 Å². The van der Waals surface area contributed by atoms with Crippen molar-refractivity contribution in [1.29, 1.82) is 0 Å². The summed E-state index contributed by atoms with van der Waals surface area (Å²) in [6.07, 6.45) is 12.3. The van der Waals surface area contributed by atoms with E-state index in [1.807, 2.05) is 45.2 Å². The lowest BCUT2D eigenvalue weighted by Crippen LogP contribution is -2.28. The van der Waals surface area contributed by atoms with Crippen LogP contribution in [0.4, 0.5) is 11.6 Å². The molecule has 3 rings (SSSR count). The molecule has 0 radical (unpaired) electrons. The molecule has 0 fully saturated rings. The average molecular weight is 453 g/mol. The molecular formula is C21H24N8O2S. The number of hydrogen-bond acceptors (Lipinski definition) is 8.